The summed E-state index contributed by atoms with van der Waals surface area (Å²) in [6.45, 7) is 5.83. The molecule has 0 spiro atoms. The summed E-state index contributed by atoms with van der Waals surface area (Å²) in [5.74, 6) is 0. The minimum Gasteiger partial charge on any atom is -0.324 e. The highest BCUT2D eigenvalue weighted by Crippen LogP contribution is 2.14. The second kappa shape index (κ2) is 2.84. The van der Waals surface area contributed by atoms with E-state index < -0.39 is 0 Å². The van der Waals surface area contributed by atoms with E-state index in [1.165, 1.54) is 5.57 Å². The Bertz CT molecular complexity index is 197. The molecule has 1 unspecified atom stereocenters. The summed E-state index contributed by atoms with van der Waals surface area (Å²) in [7, 11) is 0. The molecule has 0 saturated carbocycles. The van der Waals surface area contributed by atoms with Gasteiger partial charge in [-0.3, -0.25) is 0 Å². The molecule has 1 aliphatic rings. The first-order chi connectivity index (χ1) is 4.70. The number of hydrogen-bond donors (Lipinski definition) is 1. The van der Waals surface area contributed by atoms with Crippen LogP contribution in [0.25, 0.3) is 0 Å². The van der Waals surface area contributed by atoms with Crippen LogP contribution in [0, 0.1) is 0 Å². The van der Waals surface area contributed by atoms with Crippen molar-refractivity contribution >= 4 is 0 Å². The Labute approximate surface area is 61.9 Å². The molecule has 54 valence electrons. The fourth-order valence-electron chi connectivity index (χ4n) is 0.937. The molecule has 0 amide bonds. The van der Waals surface area contributed by atoms with E-state index >= 15 is 0 Å². The molecule has 0 aromatic carbocycles. The Morgan fingerprint density at radius 1 is 1.60 bits per heavy atom. The lowest BCUT2D eigenvalue weighted by molar-refractivity contribution is 0.873. The van der Waals surface area contributed by atoms with Gasteiger partial charge in [-0.05, 0) is 18.9 Å². The van der Waals surface area contributed by atoms with Crippen LogP contribution in [-0.2, 0) is 0 Å². The van der Waals surface area contributed by atoms with Gasteiger partial charge in [-0.15, -0.1) is 0 Å². The van der Waals surface area contributed by atoms with Gasteiger partial charge in [-0.1, -0.05) is 30.4 Å². The molecule has 1 rings (SSSR count). The minimum absolute atomic E-state index is 0.157. The van der Waals surface area contributed by atoms with E-state index in [0.717, 1.165) is 12.0 Å². The van der Waals surface area contributed by atoms with Crippen molar-refractivity contribution in [2.24, 2.45) is 5.73 Å². The summed E-state index contributed by atoms with van der Waals surface area (Å²) in [5, 5.41) is 0. The lowest BCUT2D eigenvalue weighted by Crippen LogP contribution is -2.17. The second-order valence-electron chi connectivity index (χ2n) is 2.69. The maximum atomic E-state index is 5.66. The minimum atomic E-state index is 0.157. The van der Waals surface area contributed by atoms with Crippen molar-refractivity contribution in [1.29, 1.82) is 0 Å². The van der Waals surface area contributed by atoms with E-state index in [1.807, 2.05) is 19.1 Å². The zero-order valence-electron chi connectivity index (χ0n) is 6.30. The van der Waals surface area contributed by atoms with Crippen molar-refractivity contribution in [2.45, 2.75) is 19.4 Å². The summed E-state index contributed by atoms with van der Waals surface area (Å²) in [5.41, 5.74) is 8.04. The van der Waals surface area contributed by atoms with Crippen molar-refractivity contribution < 1.29 is 0 Å². The van der Waals surface area contributed by atoms with Crippen LogP contribution >= 0.6 is 0 Å². The third kappa shape index (κ3) is 1.58. The summed E-state index contributed by atoms with van der Waals surface area (Å²) < 4.78 is 0. The molecule has 1 atom stereocenters. The summed E-state index contributed by atoms with van der Waals surface area (Å²) in [6.07, 6.45) is 7.15. The first kappa shape index (κ1) is 7.29. The van der Waals surface area contributed by atoms with Gasteiger partial charge in [-0.25, -0.2) is 0 Å². The summed E-state index contributed by atoms with van der Waals surface area (Å²) >= 11 is 0. The van der Waals surface area contributed by atoms with Gasteiger partial charge in [0, 0.05) is 6.04 Å². The molecule has 1 heteroatoms. The van der Waals surface area contributed by atoms with Crippen molar-refractivity contribution in [2.75, 3.05) is 0 Å². The molecule has 0 aromatic rings. The average Bonchev–Trinajstić information content (AvgIpc) is 1.88. The number of hydrogen-bond acceptors (Lipinski definition) is 1. The van der Waals surface area contributed by atoms with Crippen molar-refractivity contribution in [3.05, 3.63) is 36.0 Å². The zero-order valence-corrected chi connectivity index (χ0v) is 6.30. The smallest absolute Gasteiger partial charge is 0.0263 e. The van der Waals surface area contributed by atoms with Crippen LogP contribution in [0.15, 0.2) is 36.0 Å². The molecular formula is C9H13N. The van der Waals surface area contributed by atoms with E-state index in [2.05, 4.69) is 12.7 Å². The van der Waals surface area contributed by atoms with Gasteiger partial charge in [0.1, 0.15) is 0 Å². The molecular weight excluding hydrogens is 122 g/mol. The Morgan fingerprint density at radius 3 is 2.70 bits per heavy atom. The lowest BCUT2D eigenvalue weighted by atomic mass is 10.00. The molecule has 0 heterocycles. The lowest BCUT2D eigenvalue weighted by Gasteiger charge is -2.10. The predicted molar refractivity (Wildman–Crippen MR) is 44.6 cm³/mol. The zero-order chi connectivity index (χ0) is 7.56. The highest BCUT2D eigenvalue weighted by molar-refractivity contribution is 5.36. The van der Waals surface area contributed by atoms with Crippen LogP contribution in [-0.4, -0.2) is 6.04 Å². The molecule has 0 aromatic heterocycles. The average molecular weight is 135 g/mol. The van der Waals surface area contributed by atoms with Crippen molar-refractivity contribution in [1.82, 2.24) is 0 Å². The predicted octanol–water partition coefficient (Wildman–Crippen LogP) is 1.78. The largest absolute Gasteiger partial charge is 0.324 e. The molecule has 1 nitrogen and oxygen atoms in total. The Morgan fingerprint density at radius 2 is 2.30 bits per heavy atom. The van der Waals surface area contributed by atoms with Crippen LogP contribution in [0.4, 0.5) is 0 Å². The third-order valence-electron chi connectivity index (χ3n) is 1.64. The highest BCUT2D eigenvalue weighted by Gasteiger charge is 2.02. The van der Waals surface area contributed by atoms with Crippen LogP contribution in [0.1, 0.15) is 13.3 Å². The molecule has 2 N–H and O–H groups in total. The number of rotatable bonds is 1. The first-order valence-corrected chi connectivity index (χ1v) is 3.51. The molecule has 1 aliphatic carbocycles. The van der Waals surface area contributed by atoms with Gasteiger partial charge >= 0.3 is 0 Å². The monoisotopic (exact) mass is 135 g/mol. The van der Waals surface area contributed by atoms with Gasteiger partial charge < -0.3 is 5.73 Å². The third-order valence-corrected chi connectivity index (χ3v) is 1.64. The first-order valence-electron chi connectivity index (χ1n) is 3.51. The Hall–Kier alpha value is -0.820. The fraction of sp³-hybridized carbons (Fsp3) is 0.333. The van der Waals surface area contributed by atoms with E-state index in [4.69, 9.17) is 5.73 Å². The molecule has 0 radical (unpaired) electrons. The summed E-state index contributed by atoms with van der Waals surface area (Å²) in [6, 6.07) is 0.157. The Kier molecular flexibility index (Phi) is 2.07. The normalized spacial score (nSPS) is 20.6. The van der Waals surface area contributed by atoms with Crippen molar-refractivity contribution in [3.63, 3.8) is 0 Å². The number of nitrogens with two attached hydrogens (primary N) is 1. The molecule has 0 bridgehead atoms. The number of allylic oxidation sites excluding steroid dienone is 3. The van der Waals surface area contributed by atoms with Crippen LogP contribution < -0.4 is 5.73 Å². The SMILES string of the molecule is C=C1C=CC(C(C)N)=CC1. The fourth-order valence-corrected chi connectivity index (χ4v) is 0.937. The van der Waals surface area contributed by atoms with E-state index in [9.17, 15) is 0 Å². The topological polar surface area (TPSA) is 26.0 Å². The maximum absolute atomic E-state index is 5.66. The van der Waals surface area contributed by atoms with E-state index in [0.29, 0.717) is 0 Å². The molecule has 10 heavy (non-hydrogen) atoms. The quantitative estimate of drug-likeness (QED) is 0.582. The Balaban J connectivity index is 2.67. The maximum Gasteiger partial charge on any atom is 0.0263 e. The van der Waals surface area contributed by atoms with Gasteiger partial charge in [0.25, 0.3) is 0 Å². The molecule has 0 saturated heterocycles. The van der Waals surface area contributed by atoms with Crippen molar-refractivity contribution in [3.8, 4) is 0 Å². The van der Waals surface area contributed by atoms with Gasteiger partial charge in [-0.2, -0.15) is 0 Å². The standard InChI is InChI=1S/C9H13N/c1-7-3-5-9(6-4-7)8(2)10/h3,5-6,8H,1,4,10H2,2H3. The van der Waals surface area contributed by atoms with E-state index in [1.54, 1.807) is 0 Å². The molecule has 0 fully saturated rings. The van der Waals surface area contributed by atoms with Gasteiger partial charge in [0.15, 0.2) is 0 Å². The summed E-state index contributed by atoms with van der Waals surface area (Å²) in [4.78, 5) is 0. The molecule has 0 aliphatic heterocycles. The van der Waals surface area contributed by atoms with E-state index in [-0.39, 0.29) is 6.04 Å². The van der Waals surface area contributed by atoms with Crippen LogP contribution in [0.3, 0.4) is 0 Å². The van der Waals surface area contributed by atoms with Gasteiger partial charge in [0.05, 0.1) is 0 Å². The van der Waals surface area contributed by atoms with Gasteiger partial charge in [0.2, 0.25) is 0 Å². The van der Waals surface area contributed by atoms with Crippen LogP contribution in [0.5, 0.6) is 0 Å². The van der Waals surface area contributed by atoms with Crippen LogP contribution in [0.2, 0.25) is 0 Å². The second-order valence-corrected chi connectivity index (χ2v) is 2.69. The highest BCUT2D eigenvalue weighted by atomic mass is 14.6.